The average Bonchev–Trinajstić information content (AvgIpc) is 2.72. The van der Waals surface area contributed by atoms with Crippen molar-refractivity contribution in [3.05, 3.63) is 41.5 Å². The molecule has 0 aliphatic heterocycles. The third kappa shape index (κ3) is 2.39. The quantitative estimate of drug-likeness (QED) is 0.880. The highest BCUT2D eigenvalue weighted by atomic mass is 16.4. The van der Waals surface area contributed by atoms with E-state index in [1.165, 1.54) is 0 Å². The van der Waals surface area contributed by atoms with E-state index in [0.29, 0.717) is 18.4 Å². The van der Waals surface area contributed by atoms with Gasteiger partial charge in [0.25, 0.3) is 0 Å². The Bertz CT molecular complexity index is 515. The summed E-state index contributed by atoms with van der Waals surface area (Å²) in [5.74, 6) is 1.98. The monoisotopic (exact) mass is 230 g/mol. The first-order valence-electron chi connectivity index (χ1n) is 5.88. The van der Waals surface area contributed by atoms with Gasteiger partial charge in [-0.1, -0.05) is 32.0 Å². The summed E-state index contributed by atoms with van der Waals surface area (Å²) in [5, 5.41) is 0. The second-order valence-corrected chi connectivity index (χ2v) is 4.50. The summed E-state index contributed by atoms with van der Waals surface area (Å²) < 4.78 is 5.66. The van der Waals surface area contributed by atoms with Gasteiger partial charge in [0.15, 0.2) is 5.89 Å². The first-order valence-corrected chi connectivity index (χ1v) is 5.88. The molecule has 17 heavy (non-hydrogen) atoms. The van der Waals surface area contributed by atoms with Crippen LogP contribution in [0.15, 0.2) is 28.7 Å². The molecule has 0 bridgehead atoms. The van der Waals surface area contributed by atoms with E-state index in [1.54, 1.807) is 0 Å². The molecule has 0 atom stereocenters. The fraction of sp³-hybridized carbons (Fsp3) is 0.357. The predicted molar refractivity (Wildman–Crippen MR) is 68.7 cm³/mol. The lowest BCUT2D eigenvalue weighted by atomic mass is 10.0. The summed E-state index contributed by atoms with van der Waals surface area (Å²) in [6, 6.07) is 8.14. The van der Waals surface area contributed by atoms with Crippen LogP contribution in [0, 0.1) is 6.92 Å². The molecule has 1 aromatic heterocycles. The minimum Gasteiger partial charge on any atom is -0.445 e. The van der Waals surface area contributed by atoms with E-state index in [2.05, 4.69) is 24.9 Å². The van der Waals surface area contributed by atoms with E-state index in [1.807, 2.05) is 25.1 Å². The van der Waals surface area contributed by atoms with Crippen LogP contribution in [-0.4, -0.2) is 4.98 Å². The van der Waals surface area contributed by atoms with E-state index in [4.69, 9.17) is 10.2 Å². The zero-order valence-corrected chi connectivity index (χ0v) is 10.5. The maximum absolute atomic E-state index is 5.66. The molecule has 0 unspecified atom stereocenters. The average molecular weight is 230 g/mol. The Morgan fingerprint density at radius 3 is 2.76 bits per heavy atom. The zero-order valence-electron chi connectivity index (χ0n) is 10.5. The van der Waals surface area contributed by atoms with Crippen molar-refractivity contribution in [1.82, 2.24) is 4.98 Å². The largest absolute Gasteiger partial charge is 0.445 e. The Balaban J connectivity index is 2.51. The standard InChI is InChI=1S/C14H18N2O/c1-9(2)14-13(16-10(3)17-14)12-6-4-5-11(7-12)8-15/h4-7,9H,8,15H2,1-3H3. The predicted octanol–water partition coefficient (Wildman–Crippen LogP) is 3.23. The molecule has 0 saturated carbocycles. The van der Waals surface area contributed by atoms with Crippen LogP contribution in [-0.2, 0) is 6.54 Å². The number of nitrogens with two attached hydrogens (primary N) is 1. The van der Waals surface area contributed by atoms with Gasteiger partial charge in [-0.05, 0) is 11.6 Å². The highest BCUT2D eigenvalue weighted by Crippen LogP contribution is 2.29. The second-order valence-electron chi connectivity index (χ2n) is 4.50. The lowest BCUT2D eigenvalue weighted by Gasteiger charge is -2.05. The SMILES string of the molecule is Cc1nc(-c2cccc(CN)c2)c(C(C)C)o1. The normalized spacial score (nSPS) is 11.1. The van der Waals surface area contributed by atoms with Crippen molar-refractivity contribution < 1.29 is 4.42 Å². The maximum atomic E-state index is 5.66. The second kappa shape index (κ2) is 4.72. The van der Waals surface area contributed by atoms with Crippen LogP contribution in [0.4, 0.5) is 0 Å². The molecular formula is C14H18N2O. The van der Waals surface area contributed by atoms with Gasteiger partial charge >= 0.3 is 0 Å². The number of aromatic nitrogens is 1. The fourth-order valence-electron chi connectivity index (χ4n) is 1.89. The minimum atomic E-state index is 0.327. The van der Waals surface area contributed by atoms with E-state index in [0.717, 1.165) is 22.6 Å². The number of hydrogen-bond acceptors (Lipinski definition) is 3. The highest BCUT2D eigenvalue weighted by molar-refractivity contribution is 5.62. The Labute approximate surface area is 102 Å². The highest BCUT2D eigenvalue weighted by Gasteiger charge is 2.16. The van der Waals surface area contributed by atoms with E-state index in [-0.39, 0.29) is 0 Å². The Morgan fingerprint density at radius 2 is 2.12 bits per heavy atom. The van der Waals surface area contributed by atoms with Gasteiger partial charge in [0.05, 0.1) is 0 Å². The summed E-state index contributed by atoms with van der Waals surface area (Å²) in [6.07, 6.45) is 0. The summed E-state index contributed by atoms with van der Waals surface area (Å²) >= 11 is 0. The Morgan fingerprint density at radius 1 is 1.35 bits per heavy atom. The van der Waals surface area contributed by atoms with Crippen molar-refractivity contribution in [2.45, 2.75) is 33.2 Å². The van der Waals surface area contributed by atoms with Gasteiger partial charge in [0.1, 0.15) is 11.5 Å². The number of nitrogens with zero attached hydrogens (tertiary/aromatic N) is 1. The number of oxazole rings is 1. The third-order valence-corrected chi connectivity index (χ3v) is 2.72. The molecule has 0 radical (unpaired) electrons. The van der Waals surface area contributed by atoms with E-state index in [9.17, 15) is 0 Å². The number of rotatable bonds is 3. The van der Waals surface area contributed by atoms with Gasteiger partial charge in [0.2, 0.25) is 0 Å². The number of hydrogen-bond donors (Lipinski definition) is 1. The van der Waals surface area contributed by atoms with Crippen LogP contribution in [0.25, 0.3) is 11.3 Å². The van der Waals surface area contributed by atoms with Crippen LogP contribution in [0.5, 0.6) is 0 Å². The van der Waals surface area contributed by atoms with Crippen LogP contribution in [0.1, 0.15) is 37.0 Å². The lowest BCUT2D eigenvalue weighted by Crippen LogP contribution is -1.96. The molecule has 3 nitrogen and oxygen atoms in total. The molecule has 3 heteroatoms. The zero-order chi connectivity index (χ0) is 12.4. The summed E-state index contributed by atoms with van der Waals surface area (Å²) in [7, 11) is 0. The molecule has 2 aromatic rings. The van der Waals surface area contributed by atoms with Crippen molar-refractivity contribution >= 4 is 0 Å². The summed E-state index contributed by atoms with van der Waals surface area (Å²) in [4.78, 5) is 4.47. The molecule has 90 valence electrons. The first-order chi connectivity index (χ1) is 8.11. The van der Waals surface area contributed by atoms with Crippen LogP contribution in [0.2, 0.25) is 0 Å². The number of benzene rings is 1. The van der Waals surface area contributed by atoms with Crippen molar-refractivity contribution in [3.63, 3.8) is 0 Å². The van der Waals surface area contributed by atoms with Gasteiger partial charge in [-0.2, -0.15) is 0 Å². The molecule has 0 saturated heterocycles. The maximum Gasteiger partial charge on any atom is 0.191 e. The van der Waals surface area contributed by atoms with Crippen LogP contribution < -0.4 is 5.73 Å². The molecule has 2 rings (SSSR count). The van der Waals surface area contributed by atoms with Crippen molar-refractivity contribution in [3.8, 4) is 11.3 Å². The molecular weight excluding hydrogens is 212 g/mol. The molecule has 0 aliphatic carbocycles. The molecule has 1 heterocycles. The number of aryl methyl sites for hydroxylation is 1. The molecule has 0 spiro atoms. The van der Waals surface area contributed by atoms with Gasteiger partial charge < -0.3 is 10.2 Å². The molecule has 1 aromatic carbocycles. The van der Waals surface area contributed by atoms with Gasteiger partial charge in [-0.25, -0.2) is 4.98 Å². The lowest BCUT2D eigenvalue weighted by molar-refractivity contribution is 0.457. The van der Waals surface area contributed by atoms with Crippen LogP contribution >= 0.6 is 0 Å². The van der Waals surface area contributed by atoms with Gasteiger partial charge in [0, 0.05) is 24.9 Å². The molecule has 0 aliphatic rings. The fourth-order valence-corrected chi connectivity index (χ4v) is 1.89. The van der Waals surface area contributed by atoms with E-state index < -0.39 is 0 Å². The van der Waals surface area contributed by atoms with E-state index >= 15 is 0 Å². The molecule has 2 N–H and O–H groups in total. The summed E-state index contributed by atoms with van der Waals surface area (Å²) in [5.41, 5.74) is 8.78. The van der Waals surface area contributed by atoms with Crippen LogP contribution in [0.3, 0.4) is 0 Å². The Kier molecular flexibility index (Phi) is 3.29. The Hall–Kier alpha value is -1.61. The van der Waals surface area contributed by atoms with Crippen molar-refractivity contribution in [2.75, 3.05) is 0 Å². The first kappa shape index (κ1) is 11.9. The minimum absolute atomic E-state index is 0.327. The smallest absolute Gasteiger partial charge is 0.191 e. The van der Waals surface area contributed by atoms with Crippen molar-refractivity contribution in [2.24, 2.45) is 5.73 Å². The van der Waals surface area contributed by atoms with Crippen molar-refractivity contribution in [1.29, 1.82) is 0 Å². The van der Waals surface area contributed by atoms with Gasteiger partial charge in [-0.3, -0.25) is 0 Å². The van der Waals surface area contributed by atoms with Gasteiger partial charge in [-0.15, -0.1) is 0 Å². The summed E-state index contributed by atoms with van der Waals surface area (Å²) in [6.45, 7) is 6.64. The molecule has 0 amide bonds. The third-order valence-electron chi connectivity index (χ3n) is 2.72. The molecule has 0 fully saturated rings. The topological polar surface area (TPSA) is 52.0 Å².